The number of nitrogens with zero attached hydrogens (tertiary/aromatic N) is 2. The third-order valence-corrected chi connectivity index (χ3v) is 5.41. The highest BCUT2D eigenvalue weighted by molar-refractivity contribution is 9.11. The third-order valence-electron chi connectivity index (χ3n) is 3.69. The van der Waals surface area contributed by atoms with Gasteiger partial charge in [0.2, 0.25) is 0 Å². The Bertz CT molecular complexity index is 545. The van der Waals surface area contributed by atoms with Crippen LogP contribution in [0.3, 0.4) is 0 Å². The van der Waals surface area contributed by atoms with Crippen LogP contribution in [0.4, 0.5) is 0 Å². The second-order valence-electron chi connectivity index (χ2n) is 5.09. The van der Waals surface area contributed by atoms with E-state index in [4.69, 9.17) is 0 Å². The number of halogens is 1. The maximum atomic E-state index is 10.2. The summed E-state index contributed by atoms with van der Waals surface area (Å²) in [4.78, 5) is 0.988. The first-order chi connectivity index (χ1) is 9.22. The van der Waals surface area contributed by atoms with Gasteiger partial charge in [-0.2, -0.15) is 5.10 Å². The van der Waals surface area contributed by atoms with Gasteiger partial charge in [0.1, 0.15) is 0 Å². The number of aromatic nitrogens is 2. The Labute approximate surface area is 125 Å². The molecule has 19 heavy (non-hydrogen) atoms. The summed E-state index contributed by atoms with van der Waals surface area (Å²) in [7, 11) is 0. The topological polar surface area (TPSA) is 38.0 Å². The highest BCUT2D eigenvalue weighted by atomic mass is 79.9. The standard InChI is InChI=1S/C14H17BrN2OS/c15-14-6-5-13(19-14)12(18)9-10-7-8-17(16-10)11-3-1-2-4-11/h5-8,11-12,18H,1-4,9H2. The fourth-order valence-electron chi connectivity index (χ4n) is 2.66. The van der Waals surface area contributed by atoms with E-state index in [0.717, 1.165) is 14.4 Å². The van der Waals surface area contributed by atoms with E-state index >= 15 is 0 Å². The van der Waals surface area contributed by atoms with Crippen LogP contribution in [-0.2, 0) is 6.42 Å². The SMILES string of the molecule is OC(Cc1ccn(C2CCCC2)n1)c1ccc(Br)s1. The number of hydrogen-bond acceptors (Lipinski definition) is 3. The molecule has 0 spiro atoms. The van der Waals surface area contributed by atoms with Gasteiger partial charge in [-0.15, -0.1) is 11.3 Å². The summed E-state index contributed by atoms with van der Waals surface area (Å²) in [5, 5.41) is 14.8. The van der Waals surface area contributed by atoms with Crippen molar-refractivity contribution in [3.63, 3.8) is 0 Å². The molecule has 0 bridgehead atoms. The predicted molar refractivity (Wildman–Crippen MR) is 80.4 cm³/mol. The summed E-state index contributed by atoms with van der Waals surface area (Å²) in [5.74, 6) is 0. The third kappa shape index (κ3) is 3.09. The summed E-state index contributed by atoms with van der Waals surface area (Å²) in [6.45, 7) is 0. The number of hydrogen-bond donors (Lipinski definition) is 1. The highest BCUT2D eigenvalue weighted by Gasteiger charge is 2.18. The van der Waals surface area contributed by atoms with Gasteiger partial charge in [-0.3, -0.25) is 4.68 Å². The van der Waals surface area contributed by atoms with Gasteiger partial charge in [0.05, 0.1) is 21.6 Å². The average molecular weight is 341 g/mol. The zero-order valence-corrected chi connectivity index (χ0v) is 13.0. The van der Waals surface area contributed by atoms with Crippen LogP contribution in [0, 0.1) is 0 Å². The molecule has 1 unspecified atom stereocenters. The highest BCUT2D eigenvalue weighted by Crippen LogP contribution is 2.31. The van der Waals surface area contributed by atoms with E-state index in [0.29, 0.717) is 12.5 Å². The molecule has 0 aliphatic heterocycles. The van der Waals surface area contributed by atoms with Crippen molar-refractivity contribution in [1.82, 2.24) is 9.78 Å². The van der Waals surface area contributed by atoms with Gasteiger partial charge >= 0.3 is 0 Å². The summed E-state index contributed by atoms with van der Waals surface area (Å²) in [6.07, 6.45) is 7.29. The van der Waals surface area contributed by atoms with Gasteiger partial charge < -0.3 is 5.11 Å². The fourth-order valence-corrected chi connectivity index (χ4v) is 4.07. The van der Waals surface area contributed by atoms with Gasteiger partial charge in [0.25, 0.3) is 0 Å². The molecule has 3 rings (SSSR count). The van der Waals surface area contributed by atoms with Crippen molar-refractivity contribution < 1.29 is 5.11 Å². The largest absolute Gasteiger partial charge is 0.387 e. The van der Waals surface area contributed by atoms with E-state index < -0.39 is 6.10 Å². The molecule has 1 aliphatic rings. The average Bonchev–Trinajstić information content (AvgIpc) is 3.07. The van der Waals surface area contributed by atoms with Crippen LogP contribution in [0.2, 0.25) is 0 Å². The Hall–Kier alpha value is -0.650. The molecule has 5 heteroatoms. The number of aliphatic hydroxyl groups is 1. The minimum Gasteiger partial charge on any atom is -0.387 e. The van der Waals surface area contributed by atoms with Gasteiger partial charge in [-0.1, -0.05) is 12.8 Å². The zero-order chi connectivity index (χ0) is 13.2. The molecule has 1 aliphatic carbocycles. The first-order valence-corrected chi connectivity index (χ1v) is 8.30. The summed E-state index contributed by atoms with van der Waals surface area (Å²) < 4.78 is 3.14. The molecule has 2 aromatic heterocycles. The number of aliphatic hydroxyl groups excluding tert-OH is 1. The Morgan fingerprint density at radius 1 is 1.37 bits per heavy atom. The van der Waals surface area contributed by atoms with Crippen molar-refractivity contribution >= 4 is 27.3 Å². The Kier molecular flexibility index (Phi) is 4.05. The lowest BCUT2D eigenvalue weighted by Gasteiger charge is -2.09. The van der Waals surface area contributed by atoms with Crippen molar-refractivity contribution in [3.05, 3.63) is 38.8 Å². The molecule has 1 saturated carbocycles. The Morgan fingerprint density at radius 2 is 2.16 bits per heavy atom. The van der Waals surface area contributed by atoms with Crippen molar-refractivity contribution in [3.8, 4) is 0 Å². The molecule has 0 aromatic carbocycles. The van der Waals surface area contributed by atoms with Crippen LogP contribution in [0.15, 0.2) is 28.2 Å². The van der Waals surface area contributed by atoms with Crippen LogP contribution in [-0.4, -0.2) is 14.9 Å². The van der Waals surface area contributed by atoms with Crippen LogP contribution in [0.1, 0.15) is 48.4 Å². The summed E-state index contributed by atoms with van der Waals surface area (Å²) in [5.41, 5.74) is 0.976. The van der Waals surface area contributed by atoms with Crippen molar-refractivity contribution in [2.75, 3.05) is 0 Å². The van der Waals surface area contributed by atoms with E-state index in [-0.39, 0.29) is 0 Å². The molecule has 1 N–H and O–H groups in total. The molecule has 102 valence electrons. The van der Waals surface area contributed by atoms with E-state index in [9.17, 15) is 5.11 Å². The minimum atomic E-state index is -0.455. The molecule has 2 heterocycles. The Balaban J connectivity index is 1.66. The first kappa shape index (κ1) is 13.3. The summed E-state index contributed by atoms with van der Waals surface area (Å²) in [6, 6.07) is 6.54. The van der Waals surface area contributed by atoms with Gasteiger partial charge in [-0.25, -0.2) is 0 Å². The van der Waals surface area contributed by atoms with Gasteiger partial charge in [0, 0.05) is 17.5 Å². The molecule has 0 radical (unpaired) electrons. The number of thiophene rings is 1. The van der Waals surface area contributed by atoms with E-state index in [1.54, 1.807) is 11.3 Å². The zero-order valence-electron chi connectivity index (χ0n) is 10.6. The smallest absolute Gasteiger partial charge is 0.0938 e. The van der Waals surface area contributed by atoms with Crippen LogP contribution < -0.4 is 0 Å². The summed E-state index contributed by atoms with van der Waals surface area (Å²) >= 11 is 5.00. The lowest BCUT2D eigenvalue weighted by Crippen LogP contribution is -2.07. The Morgan fingerprint density at radius 3 is 2.84 bits per heavy atom. The molecular weight excluding hydrogens is 324 g/mol. The molecule has 0 amide bonds. The predicted octanol–water partition coefficient (Wildman–Crippen LogP) is 4.10. The van der Waals surface area contributed by atoms with E-state index in [2.05, 4.69) is 31.9 Å². The lowest BCUT2D eigenvalue weighted by molar-refractivity contribution is 0.180. The van der Waals surface area contributed by atoms with Gasteiger partial charge in [0.15, 0.2) is 0 Å². The van der Waals surface area contributed by atoms with E-state index in [1.165, 1.54) is 25.7 Å². The molecule has 3 nitrogen and oxygen atoms in total. The lowest BCUT2D eigenvalue weighted by atomic mass is 10.2. The van der Waals surface area contributed by atoms with E-state index in [1.807, 2.05) is 18.2 Å². The minimum absolute atomic E-state index is 0.455. The molecule has 0 saturated heterocycles. The first-order valence-electron chi connectivity index (χ1n) is 6.70. The van der Waals surface area contributed by atoms with Crippen molar-refractivity contribution in [2.24, 2.45) is 0 Å². The van der Waals surface area contributed by atoms with Crippen molar-refractivity contribution in [1.29, 1.82) is 0 Å². The quantitative estimate of drug-likeness (QED) is 0.909. The molecule has 1 fully saturated rings. The van der Waals surface area contributed by atoms with Crippen molar-refractivity contribution in [2.45, 2.75) is 44.2 Å². The second kappa shape index (κ2) is 5.77. The fraction of sp³-hybridized carbons (Fsp3) is 0.500. The maximum Gasteiger partial charge on any atom is 0.0938 e. The molecule has 1 atom stereocenters. The monoisotopic (exact) mass is 340 g/mol. The molecule has 2 aromatic rings. The van der Waals surface area contributed by atoms with Crippen LogP contribution >= 0.6 is 27.3 Å². The van der Waals surface area contributed by atoms with Gasteiger partial charge in [-0.05, 0) is 47.0 Å². The normalized spacial score (nSPS) is 18.0. The number of rotatable bonds is 4. The van der Waals surface area contributed by atoms with Crippen LogP contribution in [0.5, 0.6) is 0 Å². The second-order valence-corrected chi connectivity index (χ2v) is 7.58. The molecular formula is C14H17BrN2OS. The van der Waals surface area contributed by atoms with Crippen LogP contribution in [0.25, 0.3) is 0 Å². The maximum absolute atomic E-state index is 10.2.